The zero-order valence-electron chi connectivity index (χ0n) is 18.6. The predicted octanol–water partition coefficient (Wildman–Crippen LogP) is 1.82. The molecule has 0 radical (unpaired) electrons. The quantitative estimate of drug-likeness (QED) is 0.467. The number of ether oxygens (including phenoxy) is 2. The number of amides is 1. The van der Waals surface area contributed by atoms with E-state index >= 15 is 0 Å². The molecule has 3 aromatic heterocycles. The lowest BCUT2D eigenvalue weighted by molar-refractivity contribution is -0.114. The fourth-order valence-corrected chi connectivity index (χ4v) is 3.22. The molecule has 3 aromatic rings. The molecule has 0 spiro atoms. The summed E-state index contributed by atoms with van der Waals surface area (Å²) in [4.78, 5) is 35.3. The number of morpholine rings is 1. The Hall–Kier alpha value is -4.57. The van der Waals surface area contributed by atoms with Crippen molar-refractivity contribution in [3.8, 4) is 11.8 Å². The van der Waals surface area contributed by atoms with Crippen LogP contribution in [-0.4, -0.2) is 64.2 Å². The topological polar surface area (TPSA) is 163 Å². The number of hydrogen-bond acceptors (Lipinski definition) is 12. The number of aromatic nitrogens is 5. The third-order valence-corrected chi connectivity index (χ3v) is 4.77. The van der Waals surface area contributed by atoms with Crippen LogP contribution in [0.5, 0.6) is 5.75 Å². The van der Waals surface area contributed by atoms with Crippen LogP contribution in [0.1, 0.15) is 12.5 Å². The first-order valence-electron chi connectivity index (χ1n) is 10.3. The summed E-state index contributed by atoms with van der Waals surface area (Å²) in [6.07, 6.45) is 4.32. The van der Waals surface area contributed by atoms with E-state index in [1.807, 2.05) is 11.0 Å². The molecule has 1 saturated heterocycles. The number of nitriles is 1. The van der Waals surface area contributed by atoms with Crippen molar-refractivity contribution in [1.82, 2.24) is 24.9 Å². The maximum Gasteiger partial charge on any atom is 0.230 e. The van der Waals surface area contributed by atoms with Crippen LogP contribution in [0.25, 0.3) is 0 Å². The maximum absolute atomic E-state index is 11.7. The highest BCUT2D eigenvalue weighted by Gasteiger charge is 2.21. The highest BCUT2D eigenvalue weighted by molar-refractivity contribution is 5.92. The van der Waals surface area contributed by atoms with Gasteiger partial charge in [-0.1, -0.05) is 0 Å². The average molecular weight is 462 g/mol. The molecule has 174 valence electrons. The van der Waals surface area contributed by atoms with Gasteiger partial charge in [0.1, 0.15) is 23.9 Å². The van der Waals surface area contributed by atoms with Gasteiger partial charge in [-0.3, -0.25) is 4.79 Å². The molecule has 1 aliphatic heterocycles. The summed E-state index contributed by atoms with van der Waals surface area (Å²) in [7, 11) is 1.53. The number of carbonyl (C=O) groups is 1. The molecule has 0 atom stereocenters. The van der Waals surface area contributed by atoms with E-state index in [0.717, 1.165) is 0 Å². The van der Waals surface area contributed by atoms with Crippen LogP contribution in [0.4, 0.5) is 34.9 Å². The van der Waals surface area contributed by atoms with E-state index < -0.39 is 0 Å². The smallest absolute Gasteiger partial charge is 0.230 e. The summed E-state index contributed by atoms with van der Waals surface area (Å²) in [6.45, 7) is 3.91. The molecule has 1 amide bonds. The van der Waals surface area contributed by atoms with Crippen LogP contribution < -0.4 is 25.6 Å². The van der Waals surface area contributed by atoms with E-state index in [1.54, 1.807) is 12.1 Å². The minimum atomic E-state index is -0.287. The zero-order valence-corrected chi connectivity index (χ0v) is 18.6. The SMILES string of the molecule is COc1c(Nc2nc(Nc3ccc(C#N)cn3)ncc2NC(C)=O)ncnc1N1CCOCC1. The van der Waals surface area contributed by atoms with Gasteiger partial charge in [-0.2, -0.15) is 10.2 Å². The molecular formula is C21H22N10O3. The van der Waals surface area contributed by atoms with Crippen molar-refractivity contribution in [2.45, 2.75) is 6.92 Å². The Morgan fingerprint density at radius 2 is 1.94 bits per heavy atom. The van der Waals surface area contributed by atoms with Gasteiger partial charge in [0.05, 0.1) is 32.1 Å². The standard InChI is InChI=1S/C21H22N10O3/c1-13(32)27-15-11-24-21(28-16-4-3-14(9-22)10-23-16)30-18(15)29-19-17(33-2)20(26-12-25-19)31-5-7-34-8-6-31/h3-4,10-12H,5-8H2,1-2H3,(H,27,32)(H2,23,24,25,26,28,29,30). The van der Waals surface area contributed by atoms with Crippen molar-refractivity contribution in [3.05, 3.63) is 36.4 Å². The van der Waals surface area contributed by atoms with Gasteiger partial charge in [0.25, 0.3) is 0 Å². The van der Waals surface area contributed by atoms with Crippen molar-refractivity contribution >= 4 is 40.8 Å². The van der Waals surface area contributed by atoms with Crippen molar-refractivity contribution in [3.63, 3.8) is 0 Å². The molecular weight excluding hydrogens is 440 g/mol. The van der Waals surface area contributed by atoms with Gasteiger partial charge < -0.3 is 30.3 Å². The second kappa shape index (κ2) is 10.4. The number of rotatable bonds is 7. The van der Waals surface area contributed by atoms with Gasteiger partial charge in [-0.05, 0) is 12.1 Å². The minimum Gasteiger partial charge on any atom is -0.490 e. The normalized spacial score (nSPS) is 13.0. The number of carbonyl (C=O) groups excluding carboxylic acids is 1. The zero-order chi connectivity index (χ0) is 23.9. The number of nitrogens with one attached hydrogen (secondary N) is 3. The summed E-state index contributed by atoms with van der Waals surface area (Å²) in [5, 5.41) is 17.7. The molecule has 4 heterocycles. The van der Waals surface area contributed by atoms with E-state index in [2.05, 4.69) is 40.9 Å². The average Bonchev–Trinajstić information content (AvgIpc) is 2.86. The largest absolute Gasteiger partial charge is 0.490 e. The maximum atomic E-state index is 11.7. The summed E-state index contributed by atoms with van der Waals surface area (Å²) < 4.78 is 11.0. The molecule has 0 unspecified atom stereocenters. The second-order valence-electron chi connectivity index (χ2n) is 7.11. The van der Waals surface area contributed by atoms with E-state index in [4.69, 9.17) is 14.7 Å². The Bertz CT molecular complexity index is 1210. The number of hydrogen-bond donors (Lipinski definition) is 3. The van der Waals surface area contributed by atoms with Crippen LogP contribution in [-0.2, 0) is 9.53 Å². The molecule has 13 nitrogen and oxygen atoms in total. The summed E-state index contributed by atoms with van der Waals surface area (Å²) in [6, 6.07) is 5.27. The number of methoxy groups -OCH3 is 1. The Labute approximate surface area is 195 Å². The van der Waals surface area contributed by atoms with Gasteiger partial charge in [-0.25, -0.2) is 19.9 Å². The third kappa shape index (κ3) is 5.25. The summed E-state index contributed by atoms with van der Waals surface area (Å²) in [5.74, 6) is 2.09. The van der Waals surface area contributed by atoms with Crippen LogP contribution in [0.15, 0.2) is 30.9 Å². The highest BCUT2D eigenvalue weighted by Crippen LogP contribution is 2.35. The molecule has 4 rings (SSSR count). The van der Waals surface area contributed by atoms with Gasteiger partial charge in [0.15, 0.2) is 17.5 Å². The van der Waals surface area contributed by atoms with Gasteiger partial charge >= 0.3 is 0 Å². The van der Waals surface area contributed by atoms with Crippen LogP contribution in [0, 0.1) is 11.3 Å². The van der Waals surface area contributed by atoms with Crippen molar-refractivity contribution < 1.29 is 14.3 Å². The lowest BCUT2D eigenvalue weighted by Crippen LogP contribution is -2.37. The molecule has 1 aliphatic rings. The third-order valence-electron chi connectivity index (χ3n) is 4.77. The molecule has 0 aliphatic carbocycles. The molecule has 13 heteroatoms. The summed E-state index contributed by atoms with van der Waals surface area (Å²) in [5.41, 5.74) is 0.779. The van der Waals surface area contributed by atoms with Gasteiger partial charge in [0, 0.05) is 26.2 Å². The van der Waals surface area contributed by atoms with Crippen molar-refractivity contribution in [1.29, 1.82) is 5.26 Å². The Morgan fingerprint density at radius 1 is 1.12 bits per heavy atom. The monoisotopic (exact) mass is 462 g/mol. The van der Waals surface area contributed by atoms with E-state index in [1.165, 1.54) is 32.8 Å². The number of anilines is 6. The lowest BCUT2D eigenvalue weighted by atomic mass is 10.3. The van der Waals surface area contributed by atoms with Crippen LogP contribution in [0.3, 0.4) is 0 Å². The highest BCUT2D eigenvalue weighted by atomic mass is 16.5. The van der Waals surface area contributed by atoms with E-state index in [-0.39, 0.29) is 17.7 Å². The minimum absolute atomic E-state index is 0.218. The number of pyridine rings is 1. The van der Waals surface area contributed by atoms with Crippen LogP contribution in [0.2, 0.25) is 0 Å². The molecule has 0 aromatic carbocycles. The predicted molar refractivity (Wildman–Crippen MR) is 123 cm³/mol. The number of nitrogens with zero attached hydrogens (tertiary/aromatic N) is 7. The Kier molecular flexibility index (Phi) is 6.89. The summed E-state index contributed by atoms with van der Waals surface area (Å²) >= 11 is 0. The van der Waals surface area contributed by atoms with E-state index in [9.17, 15) is 4.79 Å². The molecule has 1 fully saturated rings. The van der Waals surface area contributed by atoms with Gasteiger partial charge in [-0.15, -0.1) is 0 Å². The fourth-order valence-electron chi connectivity index (χ4n) is 3.22. The second-order valence-corrected chi connectivity index (χ2v) is 7.11. The Balaban J connectivity index is 1.65. The lowest BCUT2D eigenvalue weighted by Gasteiger charge is -2.29. The fraction of sp³-hybridized carbons (Fsp3) is 0.286. The van der Waals surface area contributed by atoms with Gasteiger partial charge in [0.2, 0.25) is 17.6 Å². The van der Waals surface area contributed by atoms with E-state index in [0.29, 0.717) is 60.8 Å². The first-order valence-corrected chi connectivity index (χ1v) is 10.3. The first-order chi connectivity index (χ1) is 16.6. The van der Waals surface area contributed by atoms with Crippen LogP contribution >= 0.6 is 0 Å². The first kappa shape index (κ1) is 22.6. The molecule has 0 bridgehead atoms. The Morgan fingerprint density at radius 3 is 2.62 bits per heavy atom. The molecule has 34 heavy (non-hydrogen) atoms. The van der Waals surface area contributed by atoms with Crippen molar-refractivity contribution in [2.24, 2.45) is 0 Å². The van der Waals surface area contributed by atoms with Crippen molar-refractivity contribution in [2.75, 3.05) is 54.3 Å². The molecule has 0 saturated carbocycles. The molecule has 3 N–H and O–H groups in total.